The highest BCUT2D eigenvalue weighted by Gasteiger charge is 1.86. The van der Waals surface area contributed by atoms with Crippen LogP contribution in [0.15, 0.2) is 60.9 Å². The van der Waals surface area contributed by atoms with Crippen molar-refractivity contribution >= 4 is 0 Å². The van der Waals surface area contributed by atoms with Crippen LogP contribution in [0.3, 0.4) is 0 Å². The number of allylic oxidation sites excluding steroid dienone is 9. The van der Waals surface area contributed by atoms with Gasteiger partial charge in [-0.25, -0.2) is 0 Å². The standard InChI is InChI=1S/C21H34O/c1-3-4-5-6-7-8-9-10-11-12-13-14-15-16-17-18-19-20-21(2)22/h7-8,10-11,13-14,16-17,22H,2-6,9,12,15,18-20H2,1H3/b8-7-,11-10-,14-13-,17-16-. The summed E-state index contributed by atoms with van der Waals surface area (Å²) in [5, 5.41) is 8.94. The van der Waals surface area contributed by atoms with E-state index in [9.17, 15) is 0 Å². The molecule has 0 fully saturated rings. The third kappa shape index (κ3) is 18.5. The zero-order valence-corrected chi connectivity index (χ0v) is 14.3. The first-order valence-electron chi connectivity index (χ1n) is 8.74. The zero-order valence-electron chi connectivity index (χ0n) is 14.3. The van der Waals surface area contributed by atoms with Gasteiger partial charge in [-0.2, -0.15) is 0 Å². The topological polar surface area (TPSA) is 20.2 Å². The predicted octanol–water partition coefficient (Wildman–Crippen LogP) is 7.20. The Morgan fingerprint density at radius 2 is 1.18 bits per heavy atom. The maximum absolute atomic E-state index is 8.94. The van der Waals surface area contributed by atoms with E-state index < -0.39 is 0 Å². The van der Waals surface area contributed by atoms with E-state index in [1.165, 1.54) is 25.7 Å². The molecule has 124 valence electrons. The van der Waals surface area contributed by atoms with Crippen molar-refractivity contribution < 1.29 is 5.11 Å². The van der Waals surface area contributed by atoms with Gasteiger partial charge in [0.05, 0.1) is 5.76 Å². The van der Waals surface area contributed by atoms with E-state index >= 15 is 0 Å². The molecule has 0 aliphatic rings. The van der Waals surface area contributed by atoms with Gasteiger partial charge in [0.25, 0.3) is 0 Å². The summed E-state index contributed by atoms with van der Waals surface area (Å²) < 4.78 is 0. The zero-order chi connectivity index (χ0) is 16.3. The van der Waals surface area contributed by atoms with Crippen LogP contribution < -0.4 is 0 Å². The lowest BCUT2D eigenvalue weighted by Crippen LogP contribution is -1.77. The minimum atomic E-state index is 0.288. The van der Waals surface area contributed by atoms with Crippen molar-refractivity contribution in [1.82, 2.24) is 0 Å². The first-order valence-corrected chi connectivity index (χ1v) is 8.74. The van der Waals surface area contributed by atoms with Crippen molar-refractivity contribution in [2.45, 2.75) is 71.1 Å². The minimum absolute atomic E-state index is 0.288. The summed E-state index contributed by atoms with van der Waals surface area (Å²) in [6, 6.07) is 0. The molecule has 0 aliphatic heterocycles. The summed E-state index contributed by atoms with van der Waals surface area (Å²) in [6.45, 7) is 5.72. The highest BCUT2D eigenvalue weighted by atomic mass is 16.3. The van der Waals surface area contributed by atoms with Crippen LogP contribution in [0.5, 0.6) is 0 Å². The van der Waals surface area contributed by atoms with Crippen LogP contribution in [0.25, 0.3) is 0 Å². The average Bonchev–Trinajstić information content (AvgIpc) is 2.50. The smallest absolute Gasteiger partial charge is 0.0851 e. The van der Waals surface area contributed by atoms with Gasteiger partial charge in [-0.3, -0.25) is 0 Å². The number of hydrogen-bond acceptors (Lipinski definition) is 1. The second kappa shape index (κ2) is 17.6. The highest BCUT2D eigenvalue weighted by Crippen LogP contribution is 2.03. The van der Waals surface area contributed by atoms with Crippen LogP contribution in [0.1, 0.15) is 71.1 Å². The molecule has 0 unspecified atom stereocenters. The molecule has 0 heterocycles. The average molecular weight is 303 g/mol. The van der Waals surface area contributed by atoms with Gasteiger partial charge in [-0.15, -0.1) is 0 Å². The second-order valence-electron chi connectivity index (χ2n) is 5.55. The Kier molecular flexibility index (Phi) is 16.4. The van der Waals surface area contributed by atoms with E-state index in [4.69, 9.17) is 5.11 Å². The molecule has 1 heteroatoms. The SMILES string of the molecule is C=C(O)CCC/C=C\C/C=C\C/C=C\C/C=C\CCCCC. The molecule has 0 rings (SSSR count). The Labute approximate surface area is 137 Å². The number of unbranched alkanes of at least 4 members (excludes halogenated alkanes) is 4. The summed E-state index contributed by atoms with van der Waals surface area (Å²) in [5.41, 5.74) is 0. The fraction of sp³-hybridized carbons (Fsp3) is 0.524. The lowest BCUT2D eigenvalue weighted by molar-refractivity contribution is 0.387. The van der Waals surface area contributed by atoms with Crippen molar-refractivity contribution in [3.05, 3.63) is 60.9 Å². The van der Waals surface area contributed by atoms with Crippen LogP contribution in [0.4, 0.5) is 0 Å². The first-order chi connectivity index (χ1) is 10.8. The minimum Gasteiger partial charge on any atom is -0.513 e. The molecule has 0 aromatic rings. The van der Waals surface area contributed by atoms with Gasteiger partial charge in [0.15, 0.2) is 0 Å². The van der Waals surface area contributed by atoms with Crippen LogP contribution in [0.2, 0.25) is 0 Å². The van der Waals surface area contributed by atoms with Crippen LogP contribution in [-0.2, 0) is 0 Å². The maximum atomic E-state index is 8.94. The summed E-state index contributed by atoms with van der Waals surface area (Å²) in [4.78, 5) is 0. The molecule has 0 aromatic carbocycles. The lowest BCUT2D eigenvalue weighted by atomic mass is 10.2. The Balaban J connectivity index is 3.40. The van der Waals surface area contributed by atoms with Crippen molar-refractivity contribution in [2.24, 2.45) is 0 Å². The van der Waals surface area contributed by atoms with E-state index in [2.05, 4.69) is 62.1 Å². The van der Waals surface area contributed by atoms with Crippen LogP contribution in [-0.4, -0.2) is 5.11 Å². The third-order valence-corrected chi connectivity index (χ3v) is 3.29. The molecule has 0 aliphatic carbocycles. The van der Waals surface area contributed by atoms with Gasteiger partial charge in [0.2, 0.25) is 0 Å². The number of rotatable bonds is 14. The number of hydrogen-bond donors (Lipinski definition) is 1. The molecule has 0 saturated heterocycles. The molecule has 0 atom stereocenters. The van der Waals surface area contributed by atoms with Crippen LogP contribution in [0, 0.1) is 0 Å². The lowest BCUT2D eigenvalue weighted by Gasteiger charge is -1.93. The highest BCUT2D eigenvalue weighted by molar-refractivity contribution is 4.99. The molecule has 0 radical (unpaired) electrons. The van der Waals surface area contributed by atoms with Gasteiger partial charge >= 0.3 is 0 Å². The van der Waals surface area contributed by atoms with E-state index in [-0.39, 0.29) is 5.76 Å². The molecule has 0 saturated carbocycles. The number of aliphatic hydroxyl groups is 1. The Hall–Kier alpha value is -1.50. The summed E-state index contributed by atoms with van der Waals surface area (Å²) in [6.07, 6.45) is 28.7. The first kappa shape index (κ1) is 20.5. The van der Waals surface area contributed by atoms with Crippen molar-refractivity contribution in [2.75, 3.05) is 0 Å². The van der Waals surface area contributed by atoms with Gasteiger partial charge in [0.1, 0.15) is 0 Å². The largest absolute Gasteiger partial charge is 0.513 e. The summed E-state index contributed by atoms with van der Waals surface area (Å²) in [7, 11) is 0. The molecular weight excluding hydrogens is 268 g/mol. The van der Waals surface area contributed by atoms with Crippen LogP contribution >= 0.6 is 0 Å². The fourth-order valence-electron chi connectivity index (χ4n) is 1.98. The van der Waals surface area contributed by atoms with Crippen molar-refractivity contribution in [3.63, 3.8) is 0 Å². The molecule has 22 heavy (non-hydrogen) atoms. The molecule has 0 amide bonds. The van der Waals surface area contributed by atoms with E-state index in [1.54, 1.807) is 0 Å². The molecule has 0 spiro atoms. The van der Waals surface area contributed by atoms with Gasteiger partial charge in [-0.1, -0.05) is 75.0 Å². The fourth-order valence-corrected chi connectivity index (χ4v) is 1.98. The summed E-state index contributed by atoms with van der Waals surface area (Å²) in [5.74, 6) is 0.288. The van der Waals surface area contributed by atoms with Gasteiger partial charge in [-0.05, 0) is 44.9 Å². The quantitative estimate of drug-likeness (QED) is 0.204. The normalized spacial score (nSPS) is 12.4. The molecular formula is C21H34O. The van der Waals surface area contributed by atoms with Crippen molar-refractivity contribution in [3.8, 4) is 0 Å². The third-order valence-electron chi connectivity index (χ3n) is 3.29. The Morgan fingerprint density at radius 3 is 1.64 bits per heavy atom. The maximum Gasteiger partial charge on any atom is 0.0851 e. The molecule has 1 N–H and O–H groups in total. The van der Waals surface area contributed by atoms with E-state index in [1.807, 2.05) is 0 Å². The predicted molar refractivity (Wildman–Crippen MR) is 100 cm³/mol. The Morgan fingerprint density at radius 1 is 0.727 bits per heavy atom. The molecule has 1 nitrogen and oxygen atoms in total. The van der Waals surface area contributed by atoms with Gasteiger partial charge < -0.3 is 5.11 Å². The second-order valence-corrected chi connectivity index (χ2v) is 5.55. The molecule has 0 bridgehead atoms. The molecule has 0 aromatic heterocycles. The van der Waals surface area contributed by atoms with E-state index in [0.717, 1.165) is 32.1 Å². The van der Waals surface area contributed by atoms with Gasteiger partial charge in [0, 0.05) is 6.42 Å². The monoisotopic (exact) mass is 302 g/mol. The Bertz CT molecular complexity index is 358. The van der Waals surface area contributed by atoms with Crippen molar-refractivity contribution in [1.29, 1.82) is 0 Å². The summed E-state index contributed by atoms with van der Waals surface area (Å²) >= 11 is 0. The van der Waals surface area contributed by atoms with E-state index in [0.29, 0.717) is 6.42 Å². The number of aliphatic hydroxyl groups excluding tert-OH is 1.